The van der Waals surface area contributed by atoms with E-state index in [1.54, 1.807) is 0 Å². The zero-order valence-corrected chi connectivity index (χ0v) is 17.2. The summed E-state index contributed by atoms with van der Waals surface area (Å²) < 4.78 is 1.95. The Labute approximate surface area is 173 Å². The summed E-state index contributed by atoms with van der Waals surface area (Å²) in [6.45, 7) is 3.70. The first-order chi connectivity index (χ1) is 14.2. The fraction of sp³-hybridized carbons (Fsp3) is 0.455. The van der Waals surface area contributed by atoms with Gasteiger partial charge < -0.3 is 14.8 Å². The van der Waals surface area contributed by atoms with Crippen LogP contribution in [-0.4, -0.2) is 57.5 Å². The van der Waals surface area contributed by atoms with Crippen LogP contribution in [0.15, 0.2) is 46.6 Å². The van der Waals surface area contributed by atoms with Crippen molar-refractivity contribution in [2.75, 3.05) is 26.2 Å². The molecule has 2 aliphatic rings. The first-order valence-corrected chi connectivity index (χ1v) is 11.3. The average Bonchev–Trinajstić information content (AvgIpc) is 3.41. The molecule has 2 aromatic heterocycles. The number of benzene rings is 1. The van der Waals surface area contributed by atoms with Gasteiger partial charge in [-0.1, -0.05) is 18.2 Å². The molecule has 1 amide bonds. The SMILES string of the molecule is O=C(c1cccs1)N1CCC(N2CCC(n3c(=O)[nH]c4ccccc43)CC2)CC1. The number of carbonyl (C=O) groups is 1. The summed E-state index contributed by atoms with van der Waals surface area (Å²) in [5.74, 6) is 0.177. The van der Waals surface area contributed by atoms with Crippen LogP contribution in [0.5, 0.6) is 0 Å². The number of thiophene rings is 1. The van der Waals surface area contributed by atoms with Crippen LogP contribution in [0.25, 0.3) is 11.0 Å². The van der Waals surface area contributed by atoms with Gasteiger partial charge in [-0.2, -0.15) is 0 Å². The van der Waals surface area contributed by atoms with Gasteiger partial charge in [-0.3, -0.25) is 9.36 Å². The Morgan fingerprint density at radius 3 is 2.38 bits per heavy atom. The number of piperidine rings is 2. The van der Waals surface area contributed by atoms with E-state index in [0.717, 1.165) is 67.8 Å². The second kappa shape index (κ2) is 7.80. The second-order valence-corrected chi connectivity index (χ2v) is 9.03. The fourth-order valence-corrected chi connectivity index (χ4v) is 5.63. The number of aromatic amines is 1. The molecule has 0 unspecified atom stereocenters. The van der Waals surface area contributed by atoms with Crippen molar-refractivity contribution in [3.63, 3.8) is 0 Å². The van der Waals surface area contributed by atoms with E-state index in [1.807, 2.05) is 51.2 Å². The standard InChI is InChI=1S/C22H26N4O2S/c27-21(20-6-3-15-29-20)25-13-7-16(8-14-25)24-11-9-17(10-12-24)26-19-5-2-1-4-18(19)23-22(26)28/h1-6,15-17H,7-14H2,(H,23,28). The van der Waals surface area contributed by atoms with Crippen LogP contribution in [-0.2, 0) is 0 Å². The van der Waals surface area contributed by atoms with Crippen molar-refractivity contribution < 1.29 is 4.79 Å². The van der Waals surface area contributed by atoms with Crippen molar-refractivity contribution in [3.05, 3.63) is 57.1 Å². The highest BCUT2D eigenvalue weighted by molar-refractivity contribution is 7.12. The summed E-state index contributed by atoms with van der Waals surface area (Å²) in [5.41, 5.74) is 1.93. The Bertz CT molecular complexity index is 1040. The molecule has 0 saturated carbocycles. The highest BCUT2D eigenvalue weighted by Gasteiger charge is 2.31. The van der Waals surface area contributed by atoms with Gasteiger partial charge in [0.2, 0.25) is 0 Å². The molecule has 1 aromatic carbocycles. The molecule has 0 spiro atoms. The number of para-hydroxylation sites is 2. The molecule has 0 radical (unpaired) electrons. The summed E-state index contributed by atoms with van der Waals surface area (Å²) >= 11 is 1.52. The zero-order chi connectivity index (χ0) is 19.8. The van der Waals surface area contributed by atoms with Crippen LogP contribution < -0.4 is 5.69 Å². The number of fused-ring (bicyclic) bond motifs is 1. The minimum absolute atomic E-state index is 0.00467. The zero-order valence-electron chi connectivity index (χ0n) is 16.4. The van der Waals surface area contributed by atoms with Crippen LogP contribution in [0.3, 0.4) is 0 Å². The number of H-pyrrole nitrogens is 1. The third kappa shape index (κ3) is 3.53. The lowest BCUT2D eigenvalue weighted by atomic mass is 9.97. The van der Waals surface area contributed by atoms with Crippen LogP contribution in [0.2, 0.25) is 0 Å². The summed E-state index contributed by atoms with van der Waals surface area (Å²) in [7, 11) is 0. The molecular weight excluding hydrogens is 384 g/mol. The lowest BCUT2D eigenvalue weighted by Gasteiger charge is -2.41. The predicted octanol–water partition coefficient (Wildman–Crippen LogP) is 3.33. The Balaban J connectivity index is 1.19. The number of nitrogens with one attached hydrogen (secondary N) is 1. The molecule has 29 heavy (non-hydrogen) atoms. The van der Waals surface area contributed by atoms with E-state index in [-0.39, 0.29) is 17.6 Å². The van der Waals surface area contributed by atoms with Gasteiger partial charge in [0.15, 0.2) is 0 Å². The molecule has 3 aromatic rings. The molecule has 4 heterocycles. The second-order valence-electron chi connectivity index (χ2n) is 8.09. The van der Waals surface area contributed by atoms with Gasteiger partial charge in [0.1, 0.15) is 0 Å². The van der Waals surface area contributed by atoms with Gasteiger partial charge in [0, 0.05) is 38.3 Å². The third-order valence-corrected chi connectivity index (χ3v) is 7.35. The highest BCUT2D eigenvalue weighted by atomic mass is 32.1. The van der Waals surface area contributed by atoms with Gasteiger partial charge in [0.05, 0.1) is 15.9 Å². The number of amides is 1. The molecule has 2 saturated heterocycles. The summed E-state index contributed by atoms with van der Waals surface area (Å²) in [5, 5.41) is 1.96. The van der Waals surface area contributed by atoms with Crippen molar-refractivity contribution in [1.82, 2.24) is 19.4 Å². The van der Waals surface area contributed by atoms with Crippen LogP contribution in [0.1, 0.15) is 41.4 Å². The van der Waals surface area contributed by atoms with Crippen LogP contribution in [0, 0.1) is 0 Å². The van der Waals surface area contributed by atoms with Crippen molar-refractivity contribution in [3.8, 4) is 0 Å². The topological polar surface area (TPSA) is 61.3 Å². The van der Waals surface area contributed by atoms with E-state index in [4.69, 9.17) is 0 Å². The van der Waals surface area contributed by atoms with E-state index in [9.17, 15) is 9.59 Å². The number of rotatable bonds is 3. The van der Waals surface area contributed by atoms with Crippen molar-refractivity contribution in [1.29, 1.82) is 0 Å². The van der Waals surface area contributed by atoms with Crippen LogP contribution in [0.4, 0.5) is 0 Å². The molecule has 152 valence electrons. The molecule has 7 heteroatoms. The van der Waals surface area contributed by atoms with E-state index in [0.29, 0.717) is 6.04 Å². The Hall–Kier alpha value is -2.38. The van der Waals surface area contributed by atoms with Gasteiger partial charge in [0.25, 0.3) is 5.91 Å². The maximum Gasteiger partial charge on any atom is 0.326 e. The Morgan fingerprint density at radius 1 is 0.931 bits per heavy atom. The van der Waals surface area contributed by atoms with Crippen molar-refractivity contribution >= 4 is 28.3 Å². The number of hydrogen-bond donors (Lipinski definition) is 1. The average molecular weight is 411 g/mol. The van der Waals surface area contributed by atoms with Gasteiger partial charge in [-0.25, -0.2) is 4.79 Å². The monoisotopic (exact) mass is 410 g/mol. The Morgan fingerprint density at radius 2 is 1.66 bits per heavy atom. The van der Waals surface area contributed by atoms with Crippen molar-refractivity contribution in [2.24, 2.45) is 0 Å². The van der Waals surface area contributed by atoms with E-state index >= 15 is 0 Å². The summed E-state index contributed by atoms with van der Waals surface area (Å²) in [6, 6.07) is 12.6. The number of imidazole rings is 1. The number of hydrogen-bond acceptors (Lipinski definition) is 4. The lowest BCUT2D eigenvalue weighted by molar-refractivity contribution is 0.0561. The first-order valence-electron chi connectivity index (χ1n) is 10.5. The quantitative estimate of drug-likeness (QED) is 0.720. The number of aromatic nitrogens is 2. The van der Waals surface area contributed by atoms with E-state index in [1.165, 1.54) is 11.3 Å². The molecule has 0 atom stereocenters. The molecule has 2 fully saturated rings. The van der Waals surface area contributed by atoms with Crippen LogP contribution >= 0.6 is 11.3 Å². The van der Waals surface area contributed by atoms with E-state index < -0.39 is 0 Å². The maximum atomic E-state index is 12.5. The lowest BCUT2D eigenvalue weighted by Crippen LogP contribution is -2.49. The van der Waals surface area contributed by atoms with Gasteiger partial charge >= 0.3 is 5.69 Å². The van der Waals surface area contributed by atoms with E-state index in [2.05, 4.69) is 9.88 Å². The minimum atomic E-state index is 0.00467. The molecule has 0 aliphatic carbocycles. The smallest absolute Gasteiger partial charge is 0.326 e. The number of likely N-dealkylation sites (tertiary alicyclic amines) is 2. The minimum Gasteiger partial charge on any atom is -0.338 e. The molecular formula is C22H26N4O2S. The predicted molar refractivity (Wildman–Crippen MR) is 116 cm³/mol. The Kier molecular flexibility index (Phi) is 5.01. The van der Waals surface area contributed by atoms with Gasteiger partial charge in [-0.15, -0.1) is 11.3 Å². The molecule has 5 rings (SSSR count). The third-order valence-electron chi connectivity index (χ3n) is 6.49. The first kappa shape index (κ1) is 18.6. The summed E-state index contributed by atoms with van der Waals surface area (Å²) in [6.07, 6.45) is 4.07. The summed E-state index contributed by atoms with van der Waals surface area (Å²) in [4.78, 5) is 33.4. The number of nitrogens with zero attached hydrogens (tertiary/aromatic N) is 3. The highest BCUT2D eigenvalue weighted by Crippen LogP contribution is 2.28. The fourth-order valence-electron chi connectivity index (χ4n) is 4.94. The molecule has 2 aliphatic heterocycles. The maximum absolute atomic E-state index is 12.5. The van der Waals surface area contributed by atoms with Crippen molar-refractivity contribution in [2.45, 2.75) is 37.8 Å². The normalized spacial score (nSPS) is 19.8. The van der Waals surface area contributed by atoms with Gasteiger partial charge in [-0.05, 0) is 49.3 Å². The molecule has 1 N–H and O–H groups in total. The molecule has 6 nitrogen and oxygen atoms in total. The number of carbonyl (C=O) groups excluding carboxylic acids is 1. The largest absolute Gasteiger partial charge is 0.338 e. The molecule has 0 bridgehead atoms.